The molecule has 0 N–H and O–H groups in total. The van der Waals surface area contributed by atoms with Gasteiger partial charge in [-0.3, -0.25) is 4.90 Å². The summed E-state index contributed by atoms with van der Waals surface area (Å²) in [6.45, 7) is 5.29. The maximum Gasteiger partial charge on any atom is 0.179 e. The first-order chi connectivity index (χ1) is 11.0. The minimum atomic E-state index is 0.506. The van der Waals surface area contributed by atoms with Crippen LogP contribution in [0.3, 0.4) is 0 Å². The number of rotatable bonds is 6. The summed E-state index contributed by atoms with van der Waals surface area (Å²) in [5.74, 6) is 1.76. The van der Waals surface area contributed by atoms with Crippen LogP contribution < -0.4 is 9.47 Å². The number of methoxy groups -OCH3 is 2. The predicted molar refractivity (Wildman–Crippen MR) is 92.7 cm³/mol. The molecule has 0 amide bonds. The Bertz CT molecular complexity index is 511. The second-order valence-corrected chi connectivity index (χ2v) is 6.59. The van der Waals surface area contributed by atoms with Gasteiger partial charge >= 0.3 is 0 Å². The second-order valence-electron chi connectivity index (χ2n) is 6.21. The number of hydrogen-bond acceptors (Lipinski definition) is 5. The summed E-state index contributed by atoms with van der Waals surface area (Å²) in [6, 6.07) is 3.92. The van der Waals surface area contributed by atoms with Crippen molar-refractivity contribution in [3.05, 3.63) is 22.7 Å². The smallest absolute Gasteiger partial charge is 0.179 e. The van der Waals surface area contributed by atoms with E-state index < -0.39 is 0 Å². The van der Waals surface area contributed by atoms with E-state index in [1.807, 2.05) is 12.1 Å². The molecular weight excluding hydrogens is 316 g/mol. The molecule has 0 radical (unpaired) electrons. The fourth-order valence-corrected chi connectivity index (χ4v) is 3.31. The molecule has 1 aromatic carbocycles. The maximum atomic E-state index is 6.50. The van der Waals surface area contributed by atoms with Crippen molar-refractivity contribution in [3.8, 4) is 11.5 Å². The molecule has 5 nitrogen and oxygen atoms in total. The summed E-state index contributed by atoms with van der Waals surface area (Å²) in [7, 11) is 7.42. The van der Waals surface area contributed by atoms with Gasteiger partial charge in [-0.05, 0) is 25.7 Å². The Morgan fingerprint density at radius 1 is 1.30 bits per heavy atom. The van der Waals surface area contributed by atoms with E-state index in [2.05, 4.69) is 23.9 Å². The van der Waals surface area contributed by atoms with E-state index in [9.17, 15) is 0 Å². The molecule has 23 heavy (non-hydrogen) atoms. The molecule has 1 aliphatic heterocycles. The van der Waals surface area contributed by atoms with Crippen LogP contribution in [0.15, 0.2) is 12.1 Å². The van der Waals surface area contributed by atoms with E-state index in [-0.39, 0.29) is 0 Å². The lowest BCUT2D eigenvalue weighted by Crippen LogP contribution is -2.34. The van der Waals surface area contributed by atoms with Gasteiger partial charge in [-0.25, -0.2) is 0 Å². The first-order valence-electron chi connectivity index (χ1n) is 7.89. The highest BCUT2D eigenvalue weighted by Gasteiger charge is 2.21. The van der Waals surface area contributed by atoms with Crippen molar-refractivity contribution in [2.45, 2.75) is 6.54 Å². The van der Waals surface area contributed by atoms with E-state index in [0.29, 0.717) is 22.4 Å². The lowest BCUT2D eigenvalue weighted by molar-refractivity contribution is 0.112. The van der Waals surface area contributed by atoms with Crippen LogP contribution in [0, 0.1) is 5.92 Å². The second kappa shape index (κ2) is 8.73. The topological polar surface area (TPSA) is 34.2 Å². The summed E-state index contributed by atoms with van der Waals surface area (Å²) in [4.78, 5) is 4.61. The van der Waals surface area contributed by atoms with Crippen molar-refractivity contribution >= 4 is 11.6 Å². The lowest BCUT2D eigenvalue weighted by atomic mass is 10.1. The highest BCUT2D eigenvalue weighted by Crippen LogP contribution is 2.37. The number of nitrogens with zero attached hydrogens (tertiary/aromatic N) is 2. The third-order valence-electron chi connectivity index (χ3n) is 4.00. The van der Waals surface area contributed by atoms with Crippen LogP contribution in [0.4, 0.5) is 0 Å². The van der Waals surface area contributed by atoms with Crippen molar-refractivity contribution in [2.75, 3.05) is 61.2 Å². The fourth-order valence-electron chi connectivity index (χ4n) is 3.02. The highest BCUT2D eigenvalue weighted by atomic mass is 35.5. The molecule has 0 bridgehead atoms. The van der Waals surface area contributed by atoms with Gasteiger partial charge in [-0.2, -0.15) is 0 Å². The highest BCUT2D eigenvalue weighted by molar-refractivity contribution is 6.33. The van der Waals surface area contributed by atoms with E-state index in [0.717, 1.165) is 45.0 Å². The van der Waals surface area contributed by atoms with Crippen LogP contribution in [-0.4, -0.2) is 71.0 Å². The van der Waals surface area contributed by atoms with Crippen LogP contribution in [0.2, 0.25) is 5.02 Å². The molecule has 1 heterocycles. The quantitative estimate of drug-likeness (QED) is 0.793. The molecule has 130 valence electrons. The first kappa shape index (κ1) is 18.3. The molecule has 1 atom stereocenters. The Morgan fingerprint density at radius 3 is 2.74 bits per heavy atom. The van der Waals surface area contributed by atoms with Gasteiger partial charge in [0, 0.05) is 32.1 Å². The van der Waals surface area contributed by atoms with Crippen molar-refractivity contribution in [3.63, 3.8) is 0 Å². The Labute approximate surface area is 144 Å². The third-order valence-corrected chi connectivity index (χ3v) is 4.42. The van der Waals surface area contributed by atoms with Gasteiger partial charge in [0.15, 0.2) is 11.5 Å². The summed E-state index contributed by atoms with van der Waals surface area (Å²) in [5, 5.41) is 0.626. The van der Waals surface area contributed by atoms with Gasteiger partial charge in [0.1, 0.15) is 0 Å². The zero-order valence-corrected chi connectivity index (χ0v) is 15.2. The normalized spacial score (nSPS) is 19.7. The van der Waals surface area contributed by atoms with Crippen LogP contribution in [-0.2, 0) is 11.3 Å². The zero-order chi connectivity index (χ0) is 16.8. The van der Waals surface area contributed by atoms with Gasteiger partial charge in [-0.15, -0.1) is 0 Å². The van der Waals surface area contributed by atoms with Crippen LogP contribution in [0.25, 0.3) is 0 Å². The number of halogens is 1. The number of ether oxygens (including phenoxy) is 3. The number of hydrogen-bond donors (Lipinski definition) is 0. The number of benzene rings is 1. The Balaban J connectivity index is 2.11. The molecule has 6 heteroatoms. The van der Waals surface area contributed by atoms with E-state index in [1.165, 1.54) is 0 Å². The van der Waals surface area contributed by atoms with Crippen molar-refractivity contribution in [1.82, 2.24) is 9.80 Å². The molecule has 0 spiro atoms. The fraction of sp³-hybridized carbons (Fsp3) is 0.647. The summed E-state index contributed by atoms with van der Waals surface area (Å²) in [5.41, 5.74) is 1.05. The molecule has 0 unspecified atom stereocenters. The molecule has 0 aromatic heterocycles. The molecule has 0 aliphatic carbocycles. The van der Waals surface area contributed by atoms with Gasteiger partial charge in [0.05, 0.1) is 32.5 Å². The SMILES string of the molecule is COc1ccc(CN2CCOC[C@H](CN(C)C)C2)c(Cl)c1OC. The van der Waals surface area contributed by atoms with Crippen molar-refractivity contribution in [2.24, 2.45) is 5.92 Å². The molecule has 2 rings (SSSR count). The van der Waals surface area contributed by atoms with E-state index in [1.54, 1.807) is 14.2 Å². The average Bonchev–Trinajstić information content (AvgIpc) is 2.73. The van der Waals surface area contributed by atoms with Crippen molar-refractivity contribution in [1.29, 1.82) is 0 Å². The minimum Gasteiger partial charge on any atom is -0.493 e. The van der Waals surface area contributed by atoms with Gasteiger partial charge in [-0.1, -0.05) is 17.7 Å². The Morgan fingerprint density at radius 2 is 2.09 bits per heavy atom. The van der Waals surface area contributed by atoms with E-state index >= 15 is 0 Å². The summed E-state index contributed by atoms with van der Waals surface area (Å²) < 4.78 is 16.4. The third kappa shape index (κ3) is 4.98. The monoisotopic (exact) mass is 342 g/mol. The molecule has 0 saturated carbocycles. The van der Waals surface area contributed by atoms with Crippen LogP contribution in [0.5, 0.6) is 11.5 Å². The molecule has 1 fully saturated rings. The van der Waals surface area contributed by atoms with Crippen LogP contribution >= 0.6 is 11.6 Å². The summed E-state index contributed by atoms with van der Waals surface area (Å²) >= 11 is 6.50. The maximum absolute atomic E-state index is 6.50. The van der Waals surface area contributed by atoms with E-state index in [4.69, 9.17) is 25.8 Å². The molecule has 1 saturated heterocycles. The minimum absolute atomic E-state index is 0.506. The largest absolute Gasteiger partial charge is 0.493 e. The van der Waals surface area contributed by atoms with Crippen LogP contribution in [0.1, 0.15) is 5.56 Å². The lowest BCUT2D eigenvalue weighted by Gasteiger charge is -2.26. The van der Waals surface area contributed by atoms with Gasteiger partial charge < -0.3 is 19.1 Å². The molecule has 1 aliphatic rings. The Kier molecular flexibility index (Phi) is 6.96. The average molecular weight is 343 g/mol. The van der Waals surface area contributed by atoms with Gasteiger partial charge in [0.2, 0.25) is 0 Å². The molecular formula is C17H27ClN2O3. The van der Waals surface area contributed by atoms with Gasteiger partial charge in [0.25, 0.3) is 0 Å². The van der Waals surface area contributed by atoms with Crippen molar-refractivity contribution < 1.29 is 14.2 Å². The summed E-state index contributed by atoms with van der Waals surface area (Å²) in [6.07, 6.45) is 0. The predicted octanol–water partition coefficient (Wildman–Crippen LogP) is 2.37. The Hall–Kier alpha value is -1.01. The zero-order valence-electron chi connectivity index (χ0n) is 14.5. The molecule has 1 aromatic rings. The first-order valence-corrected chi connectivity index (χ1v) is 8.27. The standard InChI is InChI=1S/C17H27ClN2O3/c1-19(2)9-13-10-20(7-8-23-12-13)11-14-5-6-15(21-3)17(22-4)16(14)18/h5-6,13H,7-12H2,1-4H3/t13-/m1/s1.